The Balaban J connectivity index is 2.06. The molecule has 0 bridgehead atoms. The van der Waals surface area contributed by atoms with Crippen LogP contribution in [0.15, 0.2) is 54.6 Å². The Hall–Kier alpha value is -2.29. The van der Waals surface area contributed by atoms with Gasteiger partial charge in [-0.2, -0.15) is 0 Å². The molecule has 5 heteroatoms. The SMILES string of the molecule is O=S(=O)(Cc1ccccc1)Nc1ccc(C#CCO)cc1. The number of hydrogen-bond donors (Lipinski definition) is 2. The lowest BCUT2D eigenvalue weighted by Gasteiger charge is -2.08. The molecule has 108 valence electrons. The second kappa shape index (κ2) is 6.93. The molecule has 2 rings (SSSR count). The first kappa shape index (κ1) is 15.1. The molecule has 0 radical (unpaired) electrons. The summed E-state index contributed by atoms with van der Waals surface area (Å²) in [6.45, 7) is -0.203. The van der Waals surface area contributed by atoms with Crippen LogP contribution in [0.25, 0.3) is 0 Å². The second-order valence-corrected chi connectivity index (χ2v) is 6.11. The lowest BCUT2D eigenvalue weighted by molar-refractivity contribution is 0.350. The van der Waals surface area contributed by atoms with Crippen LogP contribution >= 0.6 is 0 Å². The van der Waals surface area contributed by atoms with E-state index in [-0.39, 0.29) is 12.4 Å². The topological polar surface area (TPSA) is 66.4 Å². The average molecular weight is 301 g/mol. The van der Waals surface area contributed by atoms with Gasteiger partial charge in [0.15, 0.2) is 0 Å². The van der Waals surface area contributed by atoms with E-state index in [0.29, 0.717) is 5.69 Å². The molecule has 0 aliphatic heterocycles. The molecule has 2 N–H and O–H groups in total. The number of benzene rings is 2. The summed E-state index contributed by atoms with van der Waals surface area (Å²) < 4.78 is 26.6. The van der Waals surface area contributed by atoms with Crippen molar-refractivity contribution in [2.75, 3.05) is 11.3 Å². The van der Waals surface area contributed by atoms with Crippen LogP contribution in [0.2, 0.25) is 0 Å². The molecule has 0 fully saturated rings. The van der Waals surface area contributed by atoms with E-state index in [4.69, 9.17) is 5.11 Å². The maximum Gasteiger partial charge on any atom is 0.236 e. The summed E-state index contributed by atoms with van der Waals surface area (Å²) >= 11 is 0. The van der Waals surface area contributed by atoms with Crippen LogP contribution in [0, 0.1) is 11.8 Å². The Morgan fingerprint density at radius 3 is 2.29 bits per heavy atom. The van der Waals surface area contributed by atoms with Crippen molar-refractivity contribution in [3.63, 3.8) is 0 Å². The van der Waals surface area contributed by atoms with E-state index in [9.17, 15) is 8.42 Å². The maximum absolute atomic E-state index is 12.1. The zero-order chi connectivity index (χ0) is 15.1. The number of nitrogens with one attached hydrogen (secondary N) is 1. The third-order valence-corrected chi connectivity index (χ3v) is 3.93. The van der Waals surface area contributed by atoms with Gasteiger partial charge in [-0.25, -0.2) is 8.42 Å². The van der Waals surface area contributed by atoms with Crippen molar-refractivity contribution in [3.8, 4) is 11.8 Å². The first-order chi connectivity index (χ1) is 10.1. The third kappa shape index (κ3) is 4.95. The number of aliphatic hydroxyl groups excluding tert-OH is 1. The second-order valence-electron chi connectivity index (χ2n) is 4.38. The van der Waals surface area contributed by atoms with Crippen LogP contribution < -0.4 is 4.72 Å². The Morgan fingerprint density at radius 2 is 1.67 bits per heavy atom. The van der Waals surface area contributed by atoms with Gasteiger partial charge in [-0.15, -0.1) is 0 Å². The molecule has 0 saturated heterocycles. The van der Waals surface area contributed by atoms with E-state index >= 15 is 0 Å². The van der Waals surface area contributed by atoms with Gasteiger partial charge in [0.05, 0.1) is 5.75 Å². The lowest BCUT2D eigenvalue weighted by atomic mass is 10.2. The first-order valence-corrected chi connectivity index (χ1v) is 7.98. The Labute approximate surface area is 124 Å². The van der Waals surface area contributed by atoms with Crippen molar-refractivity contribution >= 4 is 15.7 Å². The van der Waals surface area contributed by atoms with Gasteiger partial charge in [-0.05, 0) is 29.8 Å². The van der Waals surface area contributed by atoms with E-state index in [0.717, 1.165) is 11.1 Å². The minimum atomic E-state index is -3.44. The highest BCUT2D eigenvalue weighted by molar-refractivity contribution is 7.91. The molecular formula is C16H15NO3S. The fourth-order valence-electron chi connectivity index (χ4n) is 1.77. The maximum atomic E-state index is 12.1. The average Bonchev–Trinajstić information content (AvgIpc) is 2.47. The van der Waals surface area contributed by atoms with Crippen LogP contribution in [-0.2, 0) is 15.8 Å². The molecule has 0 amide bonds. The van der Waals surface area contributed by atoms with E-state index in [1.165, 1.54) is 0 Å². The van der Waals surface area contributed by atoms with Crippen LogP contribution in [-0.4, -0.2) is 20.1 Å². The highest BCUT2D eigenvalue weighted by Crippen LogP contribution is 2.13. The number of aliphatic hydroxyl groups is 1. The van der Waals surface area contributed by atoms with Gasteiger partial charge in [-0.1, -0.05) is 42.2 Å². The van der Waals surface area contributed by atoms with Gasteiger partial charge in [0.25, 0.3) is 0 Å². The highest BCUT2D eigenvalue weighted by Gasteiger charge is 2.11. The fourth-order valence-corrected chi connectivity index (χ4v) is 2.97. The molecule has 0 saturated carbocycles. The largest absolute Gasteiger partial charge is 0.384 e. The molecule has 0 spiro atoms. The quantitative estimate of drug-likeness (QED) is 0.849. The van der Waals surface area contributed by atoms with Gasteiger partial charge >= 0.3 is 0 Å². The predicted molar refractivity (Wildman–Crippen MR) is 83.1 cm³/mol. The van der Waals surface area contributed by atoms with Gasteiger partial charge in [0, 0.05) is 11.3 Å². The fraction of sp³-hybridized carbons (Fsp3) is 0.125. The number of hydrogen-bond acceptors (Lipinski definition) is 3. The van der Waals surface area contributed by atoms with Crippen molar-refractivity contribution in [2.45, 2.75) is 5.75 Å². The van der Waals surface area contributed by atoms with E-state index < -0.39 is 10.0 Å². The van der Waals surface area contributed by atoms with E-state index in [1.807, 2.05) is 6.07 Å². The number of sulfonamides is 1. The van der Waals surface area contributed by atoms with Crippen LogP contribution in [0.3, 0.4) is 0 Å². The zero-order valence-corrected chi connectivity index (χ0v) is 12.1. The van der Waals surface area contributed by atoms with Crippen molar-refractivity contribution in [2.24, 2.45) is 0 Å². The monoisotopic (exact) mass is 301 g/mol. The molecule has 0 aliphatic rings. The Kier molecular flexibility index (Phi) is 4.99. The molecule has 0 atom stereocenters. The molecule has 2 aromatic rings. The number of anilines is 1. The summed E-state index contributed by atoms with van der Waals surface area (Å²) in [5, 5.41) is 8.61. The summed E-state index contributed by atoms with van der Waals surface area (Å²) in [4.78, 5) is 0. The molecule has 0 unspecified atom stereocenters. The van der Waals surface area contributed by atoms with Crippen LogP contribution in [0.1, 0.15) is 11.1 Å². The molecule has 0 aliphatic carbocycles. The van der Waals surface area contributed by atoms with E-state index in [1.54, 1.807) is 48.5 Å². The summed E-state index contributed by atoms with van der Waals surface area (Å²) in [7, 11) is -3.44. The van der Waals surface area contributed by atoms with Gasteiger partial charge in [-0.3, -0.25) is 4.72 Å². The van der Waals surface area contributed by atoms with Crippen LogP contribution in [0.4, 0.5) is 5.69 Å². The van der Waals surface area contributed by atoms with Crippen molar-refractivity contribution < 1.29 is 13.5 Å². The third-order valence-electron chi connectivity index (χ3n) is 2.67. The minimum absolute atomic E-state index is 0.0695. The van der Waals surface area contributed by atoms with Gasteiger partial charge in [0.2, 0.25) is 10.0 Å². The summed E-state index contributed by atoms with van der Waals surface area (Å²) in [6, 6.07) is 15.7. The molecule has 4 nitrogen and oxygen atoms in total. The first-order valence-electron chi connectivity index (χ1n) is 6.33. The predicted octanol–water partition coefficient (Wildman–Crippen LogP) is 1.97. The molecular weight excluding hydrogens is 286 g/mol. The molecule has 21 heavy (non-hydrogen) atoms. The zero-order valence-electron chi connectivity index (χ0n) is 11.3. The summed E-state index contributed by atoms with van der Waals surface area (Å²) in [5.74, 6) is 5.21. The van der Waals surface area contributed by atoms with Crippen molar-refractivity contribution in [1.82, 2.24) is 0 Å². The summed E-state index contributed by atoms with van der Waals surface area (Å²) in [5.41, 5.74) is 1.94. The molecule has 0 heterocycles. The molecule has 0 aromatic heterocycles. The normalized spacial score (nSPS) is 10.5. The Morgan fingerprint density at radius 1 is 1.00 bits per heavy atom. The standard InChI is InChI=1S/C16H15NO3S/c18-12-4-7-14-8-10-16(11-9-14)17-21(19,20)13-15-5-2-1-3-6-15/h1-3,5-6,8-11,17-18H,12-13H2. The highest BCUT2D eigenvalue weighted by atomic mass is 32.2. The Bertz CT molecular complexity index is 742. The summed E-state index contributed by atoms with van der Waals surface area (Å²) in [6.07, 6.45) is 0. The van der Waals surface area contributed by atoms with Crippen molar-refractivity contribution in [3.05, 3.63) is 65.7 Å². The smallest absolute Gasteiger partial charge is 0.236 e. The van der Waals surface area contributed by atoms with Gasteiger partial charge < -0.3 is 5.11 Å². The molecule has 2 aromatic carbocycles. The van der Waals surface area contributed by atoms with Gasteiger partial charge in [0.1, 0.15) is 6.61 Å². The van der Waals surface area contributed by atoms with Crippen molar-refractivity contribution in [1.29, 1.82) is 0 Å². The minimum Gasteiger partial charge on any atom is -0.384 e. The van der Waals surface area contributed by atoms with E-state index in [2.05, 4.69) is 16.6 Å². The lowest BCUT2D eigenvalue weighted by Crippen LogP contribution is -2.14. The van der Waals surface area contributed by atoms with Crippen LogP contribution in [0.5, 0.6) is 0 Å². The number of rotatable bonds is 4.